The Balaban J connectivity index is 2.46. The lowest BCUT2D eigenvalue weighted by molar-refractivity contribution is -0.136. The van der Waals surface area contributed by atoms with E-state index >= 15 is 0 Å². The van der Waals surface area contributed by atoms with Crippen molar-refractivity contribution in [2.75, 3.05) is 0 Å². The van der Waals surface area contributed by atoms with Crippen LogP contribution in [0.4, 0.5) is 4.39 Å². The van der Waals surface area contributed by atoms with E-state index in [2.05, 4.69) is 5.10 Å². The summed E-state index contributed by atoms with van der Waals surface area (Å²) < 4.78 is 14.5. The van der Waals surface area contributed by atoms with Crippen LogP contribution in [0.1, 0.15) is 17.0 Å². The fraction of sp³-hybridized carbons (Fsp3) is 0.231. The van der Waals surface area contributed by atoms with Crippen molar-refractivity contribution in [3.63, 3.8) is 0 Å². The van der Waals surface area contributed by atoms with Crippen LogP contribution in [-0.2, 0) is 11.2 Å². The lowest BCUT2D eigenvalue weighted by atomic mass is 10.1. The molecule has 0 radical (unpaired) electrons. The van der Waals surface area contributed by atoms with Crippen LogP contribution in [0.2, 0.25) is 0 Å². The van der Waals surface area contributed by atoms with E-state index in [1.165, 1.54) is 12.1 Å². The van der Waals surface area contributed by atoms with E-state index in [1.807, 2.05) is 6.92 Å². The van der Waals surface area contributed by atoms with Crippen molar-refractivity contribution in [1.29, 1.82) is 0 Å². The molecular weight excluding hydrogens is 235 g/mol. The van der Waals surface area contributed by atoms with Gasteiger partial charge >= 0.3 is 5.97 Å². The first-order valence-electron chi connectivity index (χ1n) is 5.52. The van der Waals surface area contributed by atoms with E-state index in [-0.39, 0.29) is 12.2 Å². The van der Waals surface area contributed by atoms with E-state index in [0.29, 0.717) is 16.9 Å². The number of aliphatic carboxylic acids is 1. The third-order valence-corrected chi connectivity index (χ3v) is 2.84. The summed E-state index contributed by atoms with van der Waals surface area (Å²) in [5.41, 5.74) is 2.86. The monoisotopic (exact) mass is 248 g/mol. The highest BCUT2D eigenvalue weighted by atomic mass is 19.1. The summed E-state index contributed by atoms with van der Waals surface area (Å²) in [6, 6.07) is 5.92. The minimum Gasteiger partial charge on any atom is -0.481 e. The van der Waals surface area contributed by atoms with Gasteiger partial charge in [0.1, 0.15) is 5.82 Å². The number of hydrogen-bond donors (Lipinski definition) is 1. The average Bonchev–Trinajstić information content (AvgIpc) is 2.58. The number of carboxylic acid groups (broad SMARTS) is 1. The molecule has 0 unspecified atom stereocenters. The van der Waals surface area contributed by atoms with E-state index in [1.54, 1.807) is 23.7 Å². The van der Waals surface area contributed by atoms with Gasteiger partial charge in [-0.05, 0) is 38.1 Å². The molecule has 0 saturated carbocycles. The number of carbonyl (C=O) groups is 1. The van der Waals surface area contributed by atoms with Gasteiger partial charge in [0, 0.05) is 11.3 Å². The fourth-order valence-corrected chi connectivity index (χ4v) is 1.92. The van der Waals surface area contributed by atoms with Gasteiger partial charge < -0.3 is 5.11 Å². The number of aromatic nitrogens is 2. The van der Waals surface area contributed by atoms with Crippen LogP contribution in [0.25, 0.3) is 5.69 Å². The van der Waals surface area contributed by atoms with Gasteiger partial charge in [0.2, 0.25) is 0 Å². The Morgan fingerprint density at radius 3 is 2.50 bits per heavy atom. The van der Waals surface area contributed by atoms with Crippen LogP contribution in [-0.4, -0.2) is 20.9 Å². The normalized spacial score (nSPS) is 10.6. The minimum absolute atomic E-state index is 0.0567. The fourth-order valence-electron chi connectivity index (χ4n) is 1.92. The third kappa shape index (κ3) is 2.25. The molecular formula is C13H13FN2O2. The molecule has 0 atom stereocenters. The minimum atomic E-state index is -0.889. The molecule has 2 rings (SSSR count). The topological polar surface area (TPSA) is 55.1 Å². The first-order valence-corrected chi connectivity index (χ1v) is 5.52. The second kappa shape index (κ2) is 4.60. The number of rotatable bonds is 3. The first kappa shape index (κ1) is 12.3. The summed E-state index contributed by atoms with van der Waals surface area (Å²) in [4.78, 5) is 10.8. The molecule has 5 heteroatoms. The molecule has 0 aliphatic rings. The quantitative estimate of drug-likeness (QED) is 0.906. The van der Waals surface area contributed by atoms with E-state index < -0.39 is 5.97 Å². The summed E-state index contributed by atoms with van der Waals surface area (Å²) in [5.74, 6) is -1.20. The molecule has 2 aromatic rings. The van der Waals surface area contributed by atoms with Crippen LogP contribution in [0.3, 0.4) is 0 Å². The number of hydrogen-bond acceptors (Lipinski definition) is 2. The molecule has 0 fully saturated rings. The van der Waals surface area contributed by atoms with Crippen LogP contribution in [0, 0.1) is 19.7 Å². The van der Waals surface area contributed by atoms with Gasteiger partial charge in [-0.25, -0.2) is 9.07 Å². The number of halogens is 1. The van der Waals surface area contributed by atoms with Crippen molar-refractivity contribution in [2.24, 2.45) is 0 Å². The lowest BCUT2D eigenvalue weighted by Gasteiger charge is -2.04. The Bertz CT molecular complexity index is 588. The molecule has 0 aliphatic heterocycles. The van der Waals surface area contributed by atoms with Crippen molar-refractivity contribution < 1.29 is 14.3 Å². The highest BCUT2D eigenvalue weighted by Gasteiger charge is 2.15. The molecule has 0 spiro atoms. The van der Waals surface area contributed by atoms with E-state index in [4.69, 9.17) is 5.11 Å². The van der Waals surface area contributed by atoms with Crippen LogP contribution >= 0.6 is 0 Å². The summed E-state index contributed by atoms with van der Waals surface area (Å²) in [6.45, 7) is 3.58. The number of aryl methyl sites for hydroxylation is 1. The molecule has 0 aliphatic carbocycles. The third-order valence-electron chi connectivity index (χ3n) is 2.84. The Morgan fingerprint density at radius 2 is 1.94 bits per heavy atom. The second-order valence-corrected chi connectivity index (χ2v) is 4.11. The van der Waals surface area contributed by atoms with Crippen molar-refractivity contribution in [2.45, 2.75) is 20.3 Å². The zero-order chi connectivity index (χ0) is 13.3. The predicted molar refractivity (Wildman–Crippen MR) is 64.3 cm³/mol. The summed E-state index contributed by atoms with van der Waals surface area (Å²) in [5, 5.41) is 13.1. The Morgan fingerprint density at radius 1 is 1.33 bits per heavy atom. The molecule has 1 N–H and O–H groups in total. The van der Waals surface area contributed by atoms with Gasteiger partial charge in [-0.3, -0.25) is 4.79 Å². The molecule has 94 valence electrons. The predicted octanol–water partition coefficient (Wildman–Crippen LogP) is 2.26. The average molecular weight is 248 g/mol. The van der Waals surface area contributed by atoms with Gasteiger partial charge in [0.05, 0.1) is 17.8 Å². The maximum Gasteiger partial charge on any atom is 0.307 e. The summed E-state index contributed by atoms with van der Waals surface area (Å²) >= 11 is 0. The number of carboxylic acids is 1. The zero-order valence-electron chi connectivity index (χ0n) is 10.1. The van der Waals surface area contributed by atoms with Crippen LogP contribution in [0.15, 0.2) is 24.3 Å². The highest BCUT2D eigenvalue weighted by Crippen LogP contribution is 2.18. The summed E-state index contributed by atoms with van der Waals surface area (Å²) in [7, 11) is 0. The van der Waals surface area contributed by atoms with Gasteiger partial charge in [0.25, 0.3) is 0 Å². The highest BCUT2D eigenvalue weighted by molar-refractivity contribution is 5.71. The SMILES string of the molecule is Cc1nn(-c2ccc(F)cc2)c(C)c1CC(=O)O. The largest absolute Gasteiger partial charge is 0.481 e. The first-order chi connectivity index (χ1) is 8.49. The van der Waals surface area contributed by atoms with Gasteiger partial charge in [0.15, 0.2) is 0 Å². The Labute approximate surface area is 104 Å². The van der Waals surface area contributed by atoms with Gasteiger partial charge in [-0.2, -0.15) is 5.10 Å². The maximum absolute atomic E-state index is 12.9. The molecule has 1 aromatic heterocycles. The molecule has 18 heavy (non-hydrogen) atoms. The van der Waals surface area contributed by atoms with E-state index in [9.17, 15) is 9.18 Å². The maximum atomic E-state index is 12.9. The van der Waals surface area contributed by atoms with Crippen molar-refractivity contribution in [1.82, 2.24) is 9.78 Å². The van der Waals surface area contributed by atoms with Crippen LogP contribution in [0.5, 0.6) is 0 Å². The molecule has 0 bridgehead atoms. The molecule has 1 heterocycles. The second-order valence-electron chi connectivity index (χ2n) is 4.11. The van der Waals surface area contributed by atoms with Gasteiger partial charge in [-0.1, -0.05) is 0 Å². The van der Waals surface area contributed by atoms with Gasteiger partial charge in [-0.15, -0.1) is 0 Å². The molecule has 0 saturated heterocycles. The van der Waals surface area contributed by atoms with E-state index in [0.717, 1.165) is 5.69 Å². The summed E-state index contributed by atoms with van der Waals surface area (Å²) in [6.07, 6.45) is -0.0567. The standard InChI is InChI=1S/C13H13FN2O2/c1-8-12(7-13(17)18)9(2)16(15-8)11-5-3-10(14)4-6-11/h3-6H,7H2,1-2H3,(H,17,18). The van der Waals surface area contributed by atoms with Crippen molar-refractivity contribution >= 4 is 5.97 Å². The molecule has 4 nitrogen and oxygen atoms in total. The van der Waals surface area contributed by atoms with Crippen molar-refractivity contribution in [3.05, 3.63) is 47.0 Å². The lowest BCUT2D eigenvalue weighted by Crippen LogP contribution is -2.03. The van der Waals surface area contributed by atoms with Crippen LogP contribution < -0.4 is 0 Å². The number of benzene rings is 1. The Hall–Kier alpha value is -2.17. The molecule has 0 amide bonds. The smallest absolute Gasteiger partial charge is 0.307 e. The molecule has 1 aromatic carbocycles. The number of nitrogens with zero attached hydrogens (tertiary/aromatic N) is 2. The Kier molecular flexibility index (Phi) is 3.14. The zero-order valence-corrected chi connectivity index (χ0v) is 10.1. The van der Waals surface area contributed by atoms with Crippen molar-refractivity contribution in [3.8, 4) is 5.69 Å².